The molecule has 1 saturated heterocycles. The van der Waals surface area contributed by atoms with Gasteiger partial charge in [-0.05, 0) is 54.8 Å². The number of ether oxygens (including phenoxy) is 2. The smallest absolute Gasteiger partial charge is 0.309 e. The molecule has 2 N–H and O–H groups in total. The summed E-state index contributed by atoms with van der Waals surface area (Å²) in [5.41, 5.74) is 1.29. The van der Waals surface area contributed by atoms with Crippen LogP contribution in [0, 0.1) is 12.7 Å². The Labute approximate surface area is 191 Å². The molecule has 0 saturated carbocycles. The molecule has 0 aromatic heterocycles. The number of methoxy groups -OCH3 is 1. The van der Waals surface area contributed by atoms with Gasteiger partial charge in [0, 0.05) is 13.1 Å². The Morgan fingerprint density at radius 2 is 1.85 bits per heavy atom. The number of nitrogens with one attached hydrogen (secondary N) is 2. The van der Waals surface area contributed by atoms with Crippen molar-refractivity contribution >= 4 is 21.8 Å². The fraction of sp³-hybridized carbons (Fsp3) is 0.364. The van der Waals surface area contributed by atoms with Crippen molar-refractivity contribution in [2.24, 2.45) is 0 Å². The molecule has 0 bridgehead atoms. The highest BCUT2D eigenvalue weighted by molar-refractivity contribution is 7.89. The average molecular weight is 480 g/mol. The van der Waals surface area contributed by atoms with Gasteiger partial charge in [-0.15, -0.1) is 0 Å². The maximum absolute atomic E-state index is 13.2. The molecule has 11 heteroatoms. The monoisotopic (exact) mass is 479 g/mol. The van der Waals surface area contributed by atoms with Gasteiger partial charge in [-0.3, -0.25) is 9.59 Å². The van der Waals surface area contributed by atoms with Crippen LogP contribution in [0.5, 0.6) is 5.75 Å². The van der Waals surface area contributed by atoms with Crippen LogP contribution in [0.3, 0.4) is 0 Å². The number of halogens is 1. The van der Waals surface area contributed by atoms with E-state index in [1.807, 2.05) is 0 Å². The zero-order valence-corrected chi connectivity index (χ0v) is 19.2. The van der Waals surface area contributed by atoms with E-state index >= 15 is 0 Å². The van der Waals surface area contributed by atoms with E-state index in [1.54, 1.807) is 13.0 Å². The molecule has 1 aliphatic rings. The molecule has 178 valence electrons. The average Bonchev–Trinajstić information content (AvgIpc) is 2.82. The van der Waals surface area contributed by atoms with Gasteiger partial charge in [0.25, 0.3) is 0 Å². The Hall–Kier alpha value is -3.02. The third-order valence-electron chi connectivity index (χ3n) is 5.14. The molecule has 33 heavy (non-hydrogen) atoms. The van der Waals surface area contributed by atoms with Crippen LogP contribution in [0.1, 0.15) is 17.5 Å². The van der Waals surface area contributed by atoms with Gasteiger partial charge < -0.3 is 20.1 Å². The van der Waals surface area contributed by atoms with Gasteiger partial charge >= 0.3 is 11.8 Å². The summed E-state index contributed by atoms with van der Waals surface area (Å²) in [5.74, 6) is -1.65. The minimum atomic E-state index is -3.91. The van der Waals surface area contributed by atoms with Crippen molar-refractivity contribution in [3.63, 3.8) is 0 Å². The first-order valence-electron chi connectivity index (χ1n) is 10.3. The molecular weight excluding hydrogens is 453 g/mol. The first-order chi connectivity index (χ1) is 15.7. The second-order valence-electron chi connectivity index (χ2n) is 7.45. The van der Waals surface area contributed by atoms with Gasteiger partial charge in [0.05, 0.1) is 25.2 Å². The van der Waals surface area contributed by atoms with Crippen LogP contribution >= 0.6 is 0 Å². The first kappa shape index (κ1) is 24.6. The topological polar surface area (TPSA) is 114 Å². The third-order valence-corrected chi connectivity index (χ3v) is 7.02. The summed E-state index contributed by atoms with van der Waals surface area (Å²) in [4.78, 5) is 24.3. The first-order valence-corrected chi connectivity index (χ1v) is 11.7. The van der Waals surface area contributed by atoms with E-state index in [4.69, 9.17) is 9.47 Å². The number of hydrogen-bond donors (Lipinski definition) is 2. The molecule has 0 unspecified atom stereocenters. The summed E-state index contributed by atoms with van der Waals surface area (Å²) in [6.07, 6.45) is -0.461. The van der Waals surface area contributed by atoms with Crippen LogP contribution in [0.2, 0.25) is 0 Å². The molecule has 1 atom stereocenters. The molecule has 3 rings (SSSR count). The van der Waals surface area contributed by atoms with Crippen LogP contribution < -0.4 is 15.4 Å². The third kappa shape index (κ3) is 6.06. The van der Waals surface area contributed by atoms with Gasteiger partial charge in [0.15, 0.2) is 0 Å². The minimum absolute atomic E-state index is 0.0454. The number of aryl methyl sites for hydroxylation is 1. The largest absolute Gasteiger partial charge is 0.496 e. The van der Waals surface area contributed by atoms with E-state index < -0.39 is 33.9 Å². The van der Waals surface area contributed by atoms with E-state index in [-0.39, 0.29) is 24.5 Å². The van der Waals surface area contributed by atoms with Crippen molar-refractivity contribution in [3.05, 3.63) is 59.4 Å². The lowest BCUT2D eigenvalue weighted by Gasteiger charge is -2.34. The molecule has 0 radical (unpaired) electrons. The summed E-state index contributed by atoms with van der Waals surface area (Å²) >= 11 is 0. The summed E-state index contributed by atoms with van der Waals surface area (Å²) in [7, 11) is -2.40. The van der Waals surface area contributed by atoms with Gasteiger partial charge in [0.1, 0.15) is 17.8 Å². The molecule has 0 aliphatic carbocycles. The van der Waals surface area contributed by atoms with E-state index in [2.05, 4.69) is 10.6 Å². The van der Waals surface area contributed by atoms with E-state index in [9.17, 15) is 22.4 Å². The van der Waals surface area contributed by atoms with Gasteiger partial charge in [-0.1, -0.05) is 12.1 Å². The number of rotatable bonds is 7. The number of benzene rings is 2. The molecule has 2 aromatic rings. The number of carbonyl (C=O) groups excluding carboxylic acids is 2. The van der Waals surface area contributed by atoms with Crippen LogP contribution in [-0.2, 0) is 30.9 Å². The van der Waals surface area contributed by atoms with Crippen molar-refractivity contribution < 1.29 is 31.9 Å². The molecule has 2 amide bonds. The Morgan fingerprint density at radius 1 is 1.15 bits per heavy atom. The highest BCUT2D eigenvalue weighted by Crippen LogP contribution is 2.26. The molecule has 1 heterocycles. The second-order valence-corrected chi connectivity index (χ2v) is 9.34. The van der Waals surface area contributed by atoms with E-state index in [0.717, 1.165) is 0 Å². The van der Waals surface area contributed by atoms with Crippen LogP contribution in [0.15, 0.2) is 47.4 Å². The fourth-order valence-corrected chi connectivity index (χ4v) is 5.03. The van der Waals surface area contributed by atoms with Crippen LogP contribution in [0.25, 0.3) is 0 Å². The number of carbonyl (C=O) groups is 2. The normalized spacial score (nSPS) is 16.8. The Kier molecular flexibility index (Phi) is 8.01. The SMILES string of the molecule is COc1ccc(S(=O)(=O)N2CCCO[C@H]2CNC(=O)C(=O)NCc2ccc(F)cc2)cc1C. The van der Waals surface area contributed by atoms with Crippen molar-refractivity contribution in [3.8, 4) is 5.75 Å². The van der Waals surface area contributed by atoms with Crippen LogP contribution in [0.4, 0.5) is 4.39 Å². The number of sulfonamides is 1. The lowest BCUT2D eigenvalue weighted by molar-refractivity contribution is -0.140. The maximum atomic E-state index is 13.2. The van der Waals surface area contributed by atoms with E-state index in [0.29, 0.717) is 29.9 Å². The Bertz CT molecular complexity index is 1110. The zero-order valence-electron chi connectivity index (χ0n) is 18.3. The molecule has 9 nitrogen and oxygen atoms in total. The number of amides is 2. The summed E-state index contributed by atoms with van der Waals surface area (Å²) in [6, 6.07) is 10.0. The molecule has 2 aromatic carbocycles. The highest BCUT2D eigenvalue weighted by Gasteiger charge is 2.35. The second kappa shape index (κ2) is 10.7. The lowest BCUT2D eigenvalue weighted by atomic mass is 10.2. The van der Waals surface area contributed by atoms with E-state index in [1.165, 1.54) is 47.8 Å². The minimum Gasteiger partial charge on any atom is -0.496 e. The lowest BCUT2D eigenvalue weighted by Crippen LogP contribution is -2.53. The van der Waals surface area contributed by atoms with Gasteiger partial charge in [0.2, 0.25) is 10.0 Å². The fourth-order valence-electron chi connectivity index (χ4n) is 3.37. The number of nitrogens with zero attached hydrogens (tertiary/aromatic N) is 1. The predicted molar refractivity (Wildman–Crippen MR) is 117 cm³/mol. The van der Waals surface area contributed by atoms with Crippen molar-refractivity contribution in [1.29, 1.82) is 0 Å². The Morgan fingerprint density at radius 3 is 2.52 bits per heavy atom. The zero-order chi connectivity index (χ0) is 24.0. The Balaban J connectivity index is 1.61. The van der Waals surface area contributed by atoms with Gasteiger partial charge in [-0.2, -0.15) is 4.31 Å². The molecule has 1 aliphatic heterocycles. The van der Waals surface area contributed by atoms with Crippen molar-refractivity contribution in [2.45, 2.75) is 31.0 Å². The molecule has 1 fully saturated rings. The van der Waals surface area contributed by atoms with Crippen LogP contribution in [-0.4, -0.2) is 57.6 Å². The van der Waals surface area contributed by atoms with Crippen molar-refractivity contribution in [2.75, 3.05) is 26.8 Å². The number of hydrogen-bond acceptors (Lipinski definition) is 6. The summed E-state index contributed by atoms with van der Waals surface area (Å²) in [6.45, 7) is 2.13. The summed E-state index contributed by atoms with van der Waals surface area (Å²) < 4.78 is 51.3. The summed E-state index contributed by atoms with van der Waals surface area (Å²) in [5, 5.41) is 4.85. The quantitative estimate of drug-likeness (QED) is 0.579. The standard InChI is InChI=1S/C22H26FN3O6S/c1-15-12-18(8-9-19(15)31-2)33(29,30)26-10-3-11-32-20(26)14-25-22(28)21(27)24-13-16-4-6-17(23)7-5-16/h4-9,12,20H,3,10-11,13-14H2,1-2H3,(H,24,27)(H,25,28)/t20-/m0/s1. The molecular formula is C22H26FN3O6S. The highest BCUT2D eigenvalue weighted by atomic mass is 32.2. The maximum Gasteiger partial charge on any atom is 0.309 e. The predicted octanol–water partition coefficient (Wildman–Crippen LogP) is 1.31. The molecule has 0 spiro atoms. The van der Waals surface area contributed by atoms with Gasteiger partial charge in [-0.25, -0.2) is 12.8 Å². The van der Waals surface area contributed by atoms with Crippen molar-refractivity contribution in [1.82, 2.24) is 14.9 Å².